The van der Waals surface area contributed by atoms with Gasteiger partial charge in [-0.1, -0.05) is 134 Å². The maximum atomic E-state index is 3.02. The van der Waals surface area contributed by atoms with Gasteiger partial charge in [-0.2, -0.15) is 0 Å². The Bertz CT molecular complexity index is 2110. The summed E-state index contributed by atoms with van der Waals surface area (Å²) in [6, 6.07) is 1.70. The van der Waals surface area contributed by atoms with Crippen LogP contribution in [0.5, 0.6) is 0 Å². The SMILES string of the molecule is CC1=CC=C(C2(C)C=C(C3C=CCCC3)C=C(N3C4C=CC(C5C=C6C(CC5)C5C=CC=CC5(C)N6C5CC=C(C6=CCCC=C6)CC5)=CC4C4CCCCC43)C2)C1. The lowest BCUT2D eigenvalue weighted by atomic mass is 9.70. The first-order valence-corrected chi connectivity index (χ1v) is 23.9. The highest BCUT2D eigenvalue weighted by atomic mass is 15.3. The highest BCUT2D eigenvalue weighted by Crippen LogP contribution is 2.57. The monoisotopic (exact) mass is 769 g/mol. The van der Waals surface area contributed by atoms with Crippen LogP contribution < -0.4 is 0 Å². The van der Waals surface area contributed by atoms with Crippen LogP contribution in [0.15, 0.2) is 154 Å². The summed E-state index contributed by atoms with van der Waals surface area (Å²) in [5.41, 5.74) is 12.9. The van der Waals surface area contributed by atoms with E-state index in [9.17, 15) is 0 Å². The lowest BCUT2D eigenvalue weighted by molar-refractivity contribution is 0.139. The van der Waals surface area contributed by atoms with Gasteiger partial charge < -0.3 is 9.80 Å². The summed E-state index contributed by atoms with van der Waals surface area (Å²) >= 11 is 0. The number of nitrogens with zero attached hydrogens (tertiary/aromatic N) is 2. The smallest absolute Gasteiger partial charge is 0.0628 e. The Kier molecular flexibility index (Phi) is 9.46. The average molecular weight is 769 g/mol. The molecule has 0 aromatic rings. The van der Waals surface area contributed by atoms with Gasteiger partial charge in [0.15, 0.2) is 0 Å². The van der Waals surface area contributed by atoms with Crippen molar-refractivity contribution in [3.63, 3.8) is 0 Å². The molecule has 2 nitrogen and oxygen atoms in total. The van der Waals surface area contributed by atoms with E-state index in [1.807, 2.05) is 0 Å². The third-order valence-corrected chi connectivity index (χ3v) is 17.2. The van der Waals surface area contributed by atoms with E-state index in [1.165, 1.54) is 94.6 Å². The summed E-state index contributed by atoms with van der Waals surface area (Å²) in [6.07, 6.45) is 66.2. The third-order valence-electron chi connectivity index (χ3n) is 17.2. The van der Waals surface area contributed by atoms with E-state index in [2.05, 4.69) is 140 Å². The fraction of sp³-hybridized carbons (Fsp3) is 0.536. The second-order valence-electron chi connectivity index (χ2n) is 20.8. The molecule has 3 fully saturated rings. The predicted molar refractivity (Wildman–Crippen MR) is 242 cm³/mol. The Morgan fingerprint density at radius 3 is 2.52 bits per heavy atom. The van der Waals surface area contributed by atoms with Crippen molar-refractivity contribution in [2.75, 3.05) is 0 Å². The van der Waals surface area contributed by atoms with E-state index < -0.39 is 0 Å². The molecular weight excluding hydrogens is 701 g/mol. The first kappa shape index (κ1) is 37.2. The van der Waals surface area contributed by atoms with Gasteiger partial charge in [0.05, 0.1) is 11.6 Å². The third kappa shape index (κ3) is 6.24. The van der Waals surface area contributed by atoms with Crippen LogP contribution in [0.1, 0.15) is 124 Å². The molecule has 1 saturated carbocycles. The fourth-order valence-electron chi connectivity index (χ4n) is 14.4. The molecule has 11 rings (SSSR count). The van der Waals surface area contributed by atoms with Gasteiger partial charge >= 0.3 is 0 Å². The van der Waals surface area contributed by atoms with Crippen LogP contribution in [0.3, 0.4) is 0 Å². The van der Waals surface area contributed by atoms with Crippen molar-refractivity contribution < 1.29 is 0 Å². The number of hydrogen-bond acceptors (Lipinski definition) is 2. The first-order valence-electron chi connectivity index (χ1n) is 23.9. The van der Waals surface area contributed by atoms with E-state index in [1.54, 1.807) is 33.7 Å². The molecule has 0 radical (unpaired) electrons. The highest BCUT2D eigenvalue weighted by Gasteiger charge is 2.55. The molecule has 2 aliphatic heterocycles. The Hall–Kier alpha value is -3.78. The molecule has 2 heterocycles. The predicted octanol–water partition coefficient (Wildman–Crippen LogP) is 13.7. The van der Waals surface area contributed by atoms with Crippen LogP contribution in [0.2, 0.25) is 0 Å². The van der Waals surface area contributed by atoms with E-state index in [-0.39, 0.29) is 11.0 Å². The first-order chi connectivity index (χ1) is 28.4. The summed E-state index contributed by atoms with van der Waals surface area (Å²) in [5.74, 6) is 3.64. The van der Waals surface area contributed by atoms with E-state index >= 15 is 0 Å². The maximum Gasteiger partial charge on any atom is 0.0628 e. The van der Waals surface area contributed by atoms with E-state index in [0.717, 1.165) is 25.2 Å². The minimum atomic E-state index is 0.0650. The molecule has 0 spiro atoms. The molecular formula is C56H68N2. The van der Waals surface area contributed by atoms with Crippen molar-refractivity contribution in [2.24, 2.45) is 40.9 Å². The van der Waals surface area contributed by atoms with Crippen molar-refractivity contribution in [3.8, 4) is 0 Å². The van der Waals surface area contributed by atoms with Gasteiger partial charge in [-0.05, 0) is 138 Å². The Labute approximate surface area is 350 Å². The summed E-state index contributed by atoms with van der Waals surface area (Å²) in [6.45, 7) is 7.45. The molecule has 0 aromatic heterocycles. The van der Waals surface area contributed by atoms with Crippen molar-refractivity contribution in [2.45, 2.75) is 147 Å². The summed E-state index contributed by atoms with van der Waals surface area (Å²) in [4.78, 5) is 5.99. The standard InChI is InChI=1S/C56H68N2/c1-38-21-26-45(32-38)55(2)36-44(40-16-8-5-9-17-40)33-47(37-55)57-52-20-11-10-18-48(52)50-34-42(25-30-53(50)57)43-24-29-49-51-19-12-13-31-56(51,3)58(54(49)35-43)46-27-22-41(23-28-46)39-14-6-4-7-15-39/h6,8,12-16,19,21-22,25-26,30-31,33-36,40,43,46,48-53H,4-5,7,9-11,17-18,20,23-24,27-29,32,37H2,1-3H3. The molecule has 2 heteroatoms. The van der Waals surface area contributed by atoms with Gasteiger partial charge in [0, 0.05) is 58.5 Å². The molecule has 11 unspecified atom stereocenters. The zero-order chi connectivity index (χ0) is 39.0. The molecule has 11 aliphatic rings. The topological polar surface area (TPSA) is 6.48 Å². The molecule has 9 aliphatic carbocycles. The van der Waals surface area contributed by atoms with Gasteiger partial charge in [0.1, 0.15) is 0 Å². The number of likely N-dealkylation sites (tertiary alicyclic amines) is 2. The summed E-state index contributed by atoms with van der Waals surface area (Å²) in [7, 11) is 0. The van der Waals surface area contributed by atoms with Crippen LogP contribution >= 0.6 is 0 Å². The zero-order valence-corrected chi connectivity index (χ0v) is 35.8. The maximum absolute atomic E-state index is 3.02. The normalized spacial score (nSPS) is 41.3. The van der Waals surface area contributed by atoms with Crippen LogP contribution in [-0.2, 0) is 0 Å². The molecule has 0 amide bonds. The molecule has 0 bridgehead atoms. The van der Waals surface area contributed by atoms with Crippen LogP contribution in [0.25, 0.3) is 0 Å². The van der Waals surface area contributed by atoms with Crippen LogP contribution in [-0.4, -0.2) is 33.5 Å². The molecule has 11 atom stereocenters. The van der Waals surface area contributed by atoms with Crippen molar-refractivity contribution in [3.05, 3.63) is 154 Å². The van der Waals surface area contributed by atoms with Crippen molar-refractivity contribution in [1.29, 1.82) is 0 Å². The van der Waals surface area contributed by atoms with Gasteiger partial charge in [-0.25, -0.2) is 0 Å². The quantitative estimate of drug-likeness (QED) is 0.248. The van der Waals surface area contributed by atoms with E-state index in [0.29, 0.717) is 47.7 Å². The molecule has 2 saturated heterocycles. The van der Waals surface area contributed by atoms with Crippen LogP contribution in [0, 0.1) is 40.9 Å². The van der Waals surface area contributed by atoms with Gasteiger partial charge in [0.2, 0.25) is 0 Å². The molecule has 58 heavy (non-hydrogen) atoms. The average Bonchev–Trinajstić information content (AvgIpc) is 3.93. The number of hydrogen-bond donors (Lipinski definition) is 0. The highest BCUT2D eigenvalue weighted by molar-refractivity contribution is 5.48. The van der Waals surface area contributed by atoms with Crippen LogP contribution in [0.4, 0.5) is 0 Å². The molecule has 0 N–H and O–H groups in total. The number of rotatable bonds is 6. The fourth-order valence-corrected chi connectivity index (χ4v) is 14.4. The number of fused-ring (bicyclic) bond motifs is 6. The number of allylic oxidation sites excluding steroid dienone is 21. The minimum Gasteiger partial charge on any atom is -0.364 e. The largest absolute Gasteiger partial charge is 0.364 e. The molecule has 302 valence electrons. The van der Waals surface area contributed by atoms with Crippen molar-refractivity contribution in [1.82, 2.24) is 9.80 Å². The summed E-state index contributed by atoms with van der Waals surface area (Å²) in [5, 5.41) is 0. The Morgan fingerprint density at radius 1 is 0.776 bits per heavy atom. The Balaban J connectivity index is 0.903. The van der Waals surface area contributed by atoms with Gasteiger partial charge in [-0.15, -0.1) is 0 Å². The lowest BCUT2D eigenvalue weighted by Gasteiger charge is -2.45. The van der Waals surface area contributed by atoms with Gasteiger partial charge in [-0.3, -0.25) is 0 Å². The van der Waals surface area contributed by atoms with Gasteiger partial charge in [0.25, 0.3) is 0 Å². The van der Waals surface area contributed by atoms with Crippen molar-refractivity contribution >= 4 is 0 Å². The second-order valence-corrected chi connectivity index (χ2v) is 20.8. The minimum absolute atomic E-state index is 0.0650. The summed E-state index contributed by atoms with van der Waals surface area (Å²) < 4.78 is 0. The van der Waals surface area contributed by atoms with E-state index in [4.69, 9.17) is 0 Å². The Morgan fingerprint density at radius 2 is 1.71 bits per heavy atom. The molecule has 0 aromatic carbocycles. The lowest BCUT2D eigenvalue weighted by Crippen LogP contribution is -2.49. The second kappa shape index (κ2) is 14.7. The zero-order valence-electron chi connectivity index (χ0n) is 35.8.